The summed E-state index contributed by atoms with van der Waals surface area (Å²) in [7, 11) is 2.24. The highest BCUT2D eigenvalue weighted by Crippen LogP contribution is 2.45. The number of hydrogen-bond acceptors (Lipinski definition) is 4. The van der Waals surface area contributed by atoms with Crippen molar-refractivity contribution in [3.8, 4) is 0 Å². The highest BCUT2D eigenvalue weighted by molar-refractivity contribution is 5.79. The SMILES string of the molecule is CN1CC(COCC2CC2)C2(CCN(C(=O)C3CCOCC3)CC2)C1. The quantitative estimate of drug-likeness (QED) is 0.761. The molecule has 5 heteroatoms. The molecule has 1 amide bonds. The lowest BCUT2D eigenvalue weighted by Crippen LogP contribution is -2.49. The molecule has 142 valence electrons. The summed E-state index contributed by atoms with van der Waals surface area (Å²) in [5.41, 5.74) is 0.366. The van der Waals surface area contributed by atoms with E-state index in [9.17, 15) is 4.79 Å². The number of piperidine rings is 1. The maximum absolute atomic E-state index is 12.8. The molecule has 5 nitrogen and oxygen atoms in total. The van der Waals surface area contributed by atoms with Crippen LogP contribution in [0.1, 0.15) is 38.5 Å². The van der Waals surface area contributed by atoms with Gasteiger partial charge in [0, 0.05) is 57.8 Å². The summed E-state index contributed by atoms with van der Waals surface area (Å²) in [6.45, 7) is 7.56. The van der Waals surface area contributed by atoms with Gasteiger partial charge in [0.25, 0.3) is 0 Å². The fourth-order valence-electron chi connectivity index (χ4n) is 5.13. The van der Waals surface area contributed by atoms with Gasteiger partial charge >= 0.3 is 0 Å². The molecule has 0 radical (unpaired) electrons. The number of amides is 1. The first-order valence-corrected chi connectivity index (χ1v) is 10.3. The fourth-order valence-corrected chi connectivity index (χ4v) is 5.13. The van der Waals surface area contributed by atoms with Crippen molar-refractivity contribution >= 4 is 5.91 Å². The molecule has 4 rings (SSSR count). The van der Waals surface area contributed by atoms with Crippen LogP contribution in [0, 0.1) is 23.2 Å². The van der Waals surface area contributed by atoms with Crippen LogP contribution in [-0.2, 0) is 14.3 Å². The van der Waals surface area contributed by atoms with E-state index in [1.54, 1.807) is 0 Å². The van der Waals surface area contributed by atoms with Crippen molar-refractivity contribution in [2.45, 2.75) is 38.5 Å². The van der Waals surface area contributed by atoms with Crippen molar-refractivity contribution in [3.05, 3.63) is 0 Å². The molecule has 1 aliphatic carbocycles. The van der Waals surface area contributed by atoms with Gasteiger partial charge in [-0.25, -0.2) is 0 Å². The van der Waals surface area contributed by atoms with Gasteiger partial charge in [0.15, 0.2) is 0 Å². The van der Waals surface area contributed by atoms with Crippen molar-refractivity contribution in [2.75, 3.05) is 59.7 Å². The van der Waals surface area contributed by atoms with Gasteiger partial charge < -0.3 is 19.3 Å². The lowest BCUT2D eigenvalue weighted by atomic mass is 9.71. The van der Waals surface area contributed by atoms with Crippen molar-refractivity contribution < 1.29 is 14.3 Å². The predicted octanol–water partition coefficient (Wildman–Crippen LogP) is 2.01. The van der Waals surface area contributed by atoms with Crippen LogP contribution < -0.4 is 0 Å². The van der Waals surface area contributed by atoms with Gasteiger partial charge in [0.05, 0.1) is 6.61 Å². The highest BCUT2D eigenvalue weighted by atomic mass is 16.5. The monoisotopic (exact) mass is 350 g/mol. The van der Waals surface area contributed by atoms with Crippen LogP contribution in [0.15, 0.2) is 0 Å². The van der Waals surface area contributed by atoms with Gasteiger partial charge in [-0.1, -0.05) is 0 Å². The van der Waals surface area contributed by atoms with Crippen LogP contribution in [0.3, 0.4) is 0 Å². The van der Waals surface area contributed by atoms with Gasteiger partial charge in [-0.3, -0.25) is 4.79 Å². The summed E-state index contributed by atoms with van der Waals surface area (Å²) in [5.74, 6) is 2.06. The minimum absolute atomic E-state index is 0.201. The molecule has 0 aromatic rings. The summed E-state index contributed by atoms with van der Waals surface area (Å²) in [6.07, 6.45) is 6.81. The number of likely N-dealkylation sites (tertiary alicyclic amines) is 2. The molecule has 0 aromatic heterocycles. The molecular weight excluding hydrogens is 316 g/mol. The Balaban J connectivity index is 1.30. The molecule has 25 heavy (non-hydrogen) atoms. The molecule has 3 heterocycles. The topological polar surface area (TPSA) is 42.0 Å². The summed E-state index contributed by atoms with van der Waals surface area (Å²) in [6, 6.07) is 0. The van der Waals surface area contributed by atoms with E-state index >= 15 is 0 Å². The molecule has 1 spiro atoms. The number of ether oxygens (including phenoxy) is 2. The van der Waals surface area contributed by atoms with Crippen LogP contribution in [0.25, 0.3) is 0 Å². The van der Waals surface area contributed by atoms with E-state index in [4.69, 9.17) is 9.47 Å². The minimum Gasteiger partial charge on any atom is -0.381 e. The molecule has 3 saturated heterocycles. The van der Waals surface area contributed by atoms with Crippen LogP contribution in [0.4, 0.5) is 0 Å². The fraction of sp³-hybridized carbons (Fsp3) is 0.950. The second-order valence-corrected chi connectivity index (χ2v) is 8.95. The Kier molecular flexibility index (Phi) is 5.35. The Hall–Kier alpha value is -0.650. The highest BCUT2D eigenvalue weighted by Gasteiger charge is 2.48. The predicted molar refractivity (Wildman–Crippen MR) is 96.3 cm³/mol. The molecule has 0 aromatic carbocycles. The third-order valence-corrected chi connectivity index (χ3v) is 6.99. The Morgan fingerprint density at radius 3 is 2.52 bits per heavy atom. The molecule has 4 aliphatic rings. The summed E-state index contributed by atoms with van der Waals surface area (Å²) in [4.78, 5) is 17.4. The molecule has 0 N–H and O–H groups in total. The number of carbonyl (C=O) groups excluding carboxylic acids is 1. The van der Waals surface area contributed by atoms with E-state index in [1.165, 1.54) is 19.4 Å². The van der Waals surface area contributed by atoms with Crippen LogP contribution in [0.5, 0.6) is 0 Å². The van der Waals surface area contributed by atoms with Crippen molar-refractivity contribution in [1.82, 2.24) is 9.80 Å². The van der Waals surface area contributed by atoms with Crippen molar-refractivity contribution in [1.29, 1.82) is 0 Å². The first kappa shape index (κ1) is 17.7. The normalized spacial score (nSPS) is 30.9. The molecule has 3 aliphatic heterocycles. The first-order chi connectivity index (χ1) is 12.2. The number of nitrogens with zero attached hydrogens (tertiary/aromatic N) is 2. The molecule has 0 bridgehead atoms. The van der Waals surface area contributed by atoms with E-state index in [2.05, 4.69) is 16.8 Å². The van der Waals surface area contributed by atoms with Gasteiger partial charge in [0.2, 0.25) is 5.91 Å². The largest absolute Gasteiger partial charge is 0.381 e. The number of rotatable bonds is 5. The zero-order valence-corrected chi connectivity index (χ0v) is 15.8. The van der Waals surface area contributed by atoms with Gasteiger partial charge in [-0.15, -0.1) is 0 Å². The lowest BCUT2D eigenvalue weighted by molar-refractivity contribution is -0.141. The number of hydrogen-bond donors (Lipinski definition) is 0. The van der Waals surface area contributed by atoms with Crippen molar-refractivity contribution in [2.24, 2.45) is 23.2 Å². The zero-order valence-electron chi connectivity index (χ0n) is 15.8. The summed E-state index contributed by atoms with van der Waals surface area (Å²) >= 11 is 0. The van der Waals surface area contributed by atoms with E-state index in [0.717, 1.165) is 77.7 Å². The van der Waals surface area contributed by atoms with Gasteiger partial charge in [-0.2, -0.15) is 0 Å². The Labute approximate surface area is 152 Å². The molecule has 1 saturated carbocycles. The molecule has 1 atom stereocenters. The maximum atomic E-state index is 12.8. The van der Waals surface area contributed by atoms with Crippen LogP contribution in [0.2, 0.25) is 0 Å². The molecule has 4 fully saturated rings. The Morgan fingerprint density at radius 1 is 1.12 bits per heavy atom. The first-order valence-electron chi connectivity index (χ1n) is 10.3. The summed E-state index contributed by atoms with van der Waals surface area (Å²) < 4.78 is 11.5. The Morgan fingerprint density at radius 2 is 1.84 bits per heavy atom. The molecular formula is C20H34N2O3. The number of carbonyl (C=O) groups is 1. The molecule has 1 unspecified atom stereocenters. The standard InChI is InChI=1S/C20H34N2O3/c1-21-12-18(14-25-13-16-2-3-16)20(15-21)6-8-22(9-7-20)19(23)17-4-10-24-11-5-17/h16-18H,2-15H2,1H3. The van der Waals surface area contributed by atoms with E-state index < -0.39 is 0 Å². The van der Waals surface area contributed by atoms with Crippen molar-refractivity contribution in [3.63, 3.8) is 0 Å². The van der Waals surface area contributed by atoms with Gasteiger partial charge in [0.1, 0.15) is 0 Å². The summed E-state index contributed by atoms with van der Waals surface area (Å²) in [5, 5.41) is 0. The van der Waals surface area contributed by atoms with Crippen LogP contribution in [-0.4, -0.2) is 75.4 Å². The maximum Gasteiger partial charge on any atom is 0.225 e. The second-order valence-electron chi connectivity index (χ2n) is 8.95. The third kappa shape index (κ3) is 4.04. The average Bonchev–Trinajstić information content (AvgIpc) is 3.41. The van der Waals surface area contributed by atoms with E-state index in [0.29, 0.717) is 17.2 Å². The minimum atomic E-state index is 0.201. The van der Waals surface area contributed by atoms with E-state index in [-0.39, 0.29) is 5.92 Å². The van der Waals surface area contributed by atoms with E-state index in [1.807, 2.05) is 0 Å². The second kappa shape index (κ2) is 7.53. The zero-order chi connectivity index (χ0) is 17.3. The smallest absolute Gasteiger partial charge is 0.225 e. The van der Waals surface area contributed by atoms with Gasteiger partial charge in [-0.05, 0) is 56.9 Å². The van der Waals surface area contributed by atoms with Crippen LogP contribution >= 0.6 is 0 Å². The third-order valence-electron chi connectivity index (χ3n) is 6.99. The Bertz CT molecular complexity index is 466. The lowest BCUT2D eigenvalue weighted by Gasteiger charge is -2.43. The average molecular weight is 351 g/mol.